The molecule has 2 rings (SSSR count). The molecule has 0 heterocycles. The number of hydrogen-bond donors (Lipinski definition) is 2. The molecule has 2 atom stereocenters. The minimum absolute atomic E-state index is 0.226. The second-order valence-corrected chi connectivity index (χ2v) is 6.29. The van der Waals surface area contributed by atoms with Crippen molar-refractivity contribution in [1.29, 1.82) is 0 Å². The molecule has 1 fully saturated rings. The van der Waals surface area contributed by atoms with Crippen LogP contribution in [0, 0.1) is 5.82 Å². The minimum atomic E-state index is -0.584. The molecule has 3 nitrogen and oxygen atoms in total. The van der Waals surface area contributed by atoms with Crippen molar-refractivity contribution in [2.45, 2.75) is 41.9 Å². The fourth-order valence-corrected chi connectivity index (χ4v) is 3.97. The van der Waals surface area contributed by atoms with E-state index >= 15 is 0 Å². The zero-order valence-electron chi connectivity index (χ0n) is 11.0. The summed E-state index contributed by atoms with van der Waals surface area (Å²) < 4.78 is 13.1. The summed E-state index contributed by atoms with van der Waals surface area (Å²) >= 11 is 1.62. The zero-order valence-corrected chi connectivity index (χ0v) is 11.8. The molecule has 104 valence electrons. The largest absolute Gasteiger partial charge is 0.368 e. The molecule has 2 unspecified atom stereocenters. The first-order valence-corrected chi connectivity index (χ1v) is 7.41. The lowest BCUT2D eigenvalue weighted by atomic mass is 9.97. The quantitative estimate of drug-likeness (QED) is 0.871. The maximum atomic E-state index is 13.1. The van der Waals surface area contributed by atoms with Crippen LogP contribution in [0.25, 0.3) is 0 Å². The van der Waals surface area contributed by atoms with Crippen molar-refractivity contribution in [1.82, 2.24) is 5.32 Å². The lowest BCUT2D eigenvalue weighted by Gasteiger charge is -2.26. The summed E-state index contributed by atoms with van der Waals surface area (Å²) in [5.41, 5.74) is 4.94. The fourth-order valence-electron chi connectivity index (χ4n) is 2.64. The molecule has 19 heavy (non-hydrogen) atoms. The number of carbonyl (C=O) groups is 1. The maximum Gasteiger partial charge on any atom is 0.237 e. The zero-order chi connectivity index (χ0) is 13.9. The van der Waals surface area contributed by atoms with E-state index in [2.05, 4.69) is 5.32 Å². The molecule has 0 bridgehead atoms. The van der Waals surface area contributed by atoms with Gasteiger partial charge in [0.05, 0.1) is 5.54 Å². The van der Waals surface area contributed by atoms with Gasteiger partial charge in [-0.25, -0.2) is 4.39 Å². The molecule has 0 radical (unpaired) electrons. The number of hydrogen-bond acceptors (Lipinski definition) is 3. The second-order valence-electron chi connectivity index (χ2n) is 4.92. The van der Waals surface area contributed by atoms with Gasteiger partial charge in [-0.1, -0.05) is 13.0 Å². The number of amides is 1. The van der Waals surface area contributed by atoms with Gasteiger partial charge in [0.2, 0.25) is 5.91 Å². The Morgan fingerprint density at radius 3 is 3.05 bits per heavy atom. The van der Waals surface area contributed by atoms with E-state index in [1.54, 1.807) is 17.8 Å². The van der Waals surface area contributed by atoms with Crippen LogP contribution in [0.5, 0.6) is 0 Å². The van der Waals surface area contributed by atoms with Crippen LogP contribution in [0.1, 0.15) is 26.2 Å². The van der Waals surface area contributed by atoms with E-state index in [4.69, 9.17) is 5.73 Å². The lowest BCUT2D eigenvalue weighted by Crippen LogP contribution is -2.53. The van der Waals surface area contributed by atoms with Crippen molar-refractivity contribution in [2.75, 3.05) is 6.54 Å². The van der Waals surface area contributed by atoms with Crippen LogP contribution in [-0.4, -0.2) is 23.2 Å². The van der Waals surface area contributed by atoms with Crippen LogP contribution in [0.4, 0.5) is 4.39 Å². The molecule has 1 aliphatic carbocycles. The molecule has 1 aliphatic rings. The predicted molar refractivity (Wildman–Crippen MR) is 75.5 cm³/mol. The molecule has 0 aromatic heterocycles. The number of nitrogens with two attached hydrogens (primary N) is 1. The molecule has 5 heteroatoms. The Morgan fingerprint density at radius 2 is 2.42 bits per heavy atom. The van der Waals surface area contributed by atoms with Crippen molar-refractivity contribution in [3.63, 3.8) is 0 Å². The molecule has 3 N–H and O–H groups in total. The van der Waals surface area contributed by atoms with Gasteiger partial charge in [0.15, 0.2) is 0 Å². The van der Waals surface area contributed by atoms with E-state index in [1.165, 1.54) is 12.1 Å². The van der Waals surface area contributed by atoms with Gasteiger partial charge >= 0.3 is 0 Å². The minimum Gasteiger partial charge on any atom is -0.368 e. The van der Waals surface area contributed by atoms with E-state index < -0.39 is 5.54 Å². The Bertz CT molecular complexity index is 469. The SMILES string of the molecule is CCNC1(C(N)=O)CCC(Sc2cccc(F)c2)C1. The average molecular weight is 282 g/mol. The molecule has 0 aliphatic heterocycles. The Hall–Kier alpha value is -1.07. The summed E-state index contributed by atoms with van der Waals surface area (Å²) in [4.78, 5) is 12.6. The topological polar surface area (TPSA) is 55.1 Å². The summed E-state index contributed by atoms with van der Waals surface area (Å²) in [6.45, 7) is 2.69. The highest BCUT2D eigenvalue weighted by molar-refractivity contribution is 8.00. The number of halogens is 1. The van der Waals surface area contributed by atoms with Gasteiger partial charge in [-0.2, -0.15) is 0 Å². The average Bonchev–Trinajstić information content (AvgIpc) is 2.74. The number of benzene rings is 1. The third-order valence-corrected chi connectivity index (χ3v) is 4.82. The van der Waals surface area contributed by atoms with Gasteiger partial charge in [-0.3, -0.25) is 4.79 Å². The third-order valence-electron chi connectivity index (χ3n) is 3.55. The molecule has 1 aromatic carbocycles. The van der Waals surface area contributed by atoms with Crippen LogP contribution in [0.2, 0.25) is 0 Å². The molecule has 1 aromatic rings. The van der Waals surface area contributed by atoms with Crippen molar-refractivity contribution >= 4 is 17.7 Å². The number of primary amides is 1. The summed E-state index contributed by atoms with van der Waals surface area (Å²) in [5, 5.41) is 3.52. The van der Waals surface area contributed by atoms with Crippen LogP contribution in [0.15, 0.2) is 29.2 Å². The standard InChI is InChI=1S/C14H19FN2OS/c1-2-17-14(13(16)18)7-6-12(9-14)19-11-5-3-4-10(15)8-11/h3-5,8,12,17H,2,6-7,9H2,1H3,(H2,16,18). The first kappa shape index (κ1) is 14.3. The van der Waals surface area contributed by atoms with Crippen LogP contribution < -0.4 is 11.1 Å². The van der Waals surface area contributed by atoms with E-state index in [0.717, 1.165) is 24.3 Å². The van der Waals surface area contributed by atoms with E-state index in [0.29, 0.717) is 11.7 Å². The van der Waals surface area contributed by atoms with Crippen molar-refractivity contribution in [2.24, 2.45) is 5.73 Å². The van der Waals surface area contributed by atoms with E-state index in [-0.39, 0.29) is 11.7 Å². The number of likely N-dealkylation sites (N-methyl/N-ethyl adjacent to an activating group) is 1. The Kier molecular flexibility index (Phi) is 4.47. The molecule has 1 amide bonds. The normalized spacial score (nSPS) is 26.5. The van der Waals surface area contributed by atoms with Crippen LogP contribution in [0.3, 0.4) is 0 Å². The molecular formula is C14H19FN2OS. The summed E-state index contributed by atoms with van der Waals surface area (Å²) in [6, 6.07) is 6.57. The Balaban J connectivity index is 2.03. The first-order valence-electron chi connectivity index (χ1n) is 6.53. The summed E-state index contributed by atoms with van der Waals surface area (Å²) in [6.07, 6.45) is 2.37. The third kappa shape index (κ3) is 3.28. The van der Waals surface area contributed by atoms with Crippen molar-refractivity contribution in [3.05, 3.63) is 30.1 Å². The monoisotopic (exact) mass is 282 g/mol. The van der Waals surface area contributed by atoms with Gasteiger partial charge < -0.3 is 11.1 Å². The van der Waals surface area contributed by atoms with Crippen molar-refractivity contribution in [3.8, 4) is 0 Å². The van der Waals surface area contributed by atoms with Crippen LogP contribution in [-0.2, 0) is 4.79 Å². The number of carbonyl (C=O) groups excluding carboxylic acids is 1. The highest BCUT2D eigenvalue weighted by Crippen LogP contribution is 2.40. The lowest BCUT2D eigenvalue weighted by molar-refractivity contribution is -0.124. The highest BCUT2D eigenvalue weighted by atomic mass is 32.2. The smallest absolute Gasteiger partial charge is 0.237 e. The number of thioether (sulfide) groups is 1. The van der Waals surface area contributed by atoms with Crippen molar-refractivity contribution < 1.29 is 9.18 Å². The van der Waals surface area contributed by atoms with E-state index in [9.17, 15) is 9.18 Å². The molecule has 0 saturated heterocycles. The first-order chi connectivity index (χ1) is 9.05. The molecular weight excluding hydrogens is 263 g/mol. The van der Waals surface area contributed by atoms with Gasteiger partial charge in [-0.05, 0) is 44.0 Å². The fraction of sp³-hybridized carbons (Fsp3) is 0.500. The predicted octanol–water partition coefficient (Wildman–Crippen LogP) is 2.30. The Labute approximate surface area is 117 Å². The summed E-state index contributed by atoms with van der Waals surface area (Å²) in [7, 11) is 0. The maximum absolute atomic E-state index is 13.1. The number of rotatable bonds is 5. The van der Waals surface area contributed by atoms with Gasteiger partial charge in [-0.15, -0.1) is 11.8 Å². The highest BCUT2D eigenvalue weighted by Gasteiger charge is 2.43. The second kappa shape index (κ2) is 5.92. The number of nitrogens with one attached hydrogen (secondary N) is 1. The van der Waals surface area contributed by atoms with E-state index in [1.807, 2.05) is 13.0 Å². The molecule has 1 saturated carbocycles. The summed E-state index contributed by atoms with van der Waals surface area (Å²) in [5.74, 6) is -0.507. The van der Waals surface area contributed by atoms with Gasteiger partial charge in [0, 0.05) is 10.1 Å². The molecule has 0 spiro atoms. The Morgan fingerprint density at radius 1 is 1.63 bits per heavy atom. The van der Waals surface area contributed by atoms with Crippen LogP contribution >= 0.6 is 11.8 Å². The van der Waals surface area contributed by atoms with Gasteiger partial charge in [0.1, 0.15) is 5.82 Å². The van der Waals surface area contributed by atoms with Gasteiger partial charge in [0.25, 0.3) is 0 Å².